The van der Waals surface area contributed by atoms with Crippen LogP contribution in [0.5, 0.6) is 5.75 Å². The average Bonchev–Trinajstić information content (AvgIpc) is 2.74. The van der Waals surface area contributed by atoms with Gasteiger partial charge in [-0.1, -0.05) is 43.0 Å². The van der Waals surface area contributed by atoms with E-state index in [-0.39, 0.29) is 6.04 Å². The molecule has 0 aliphatic carbocycles. The van der Waals surface area contributed by atoms with Crippen molar-refractivity contribution < 1.29 is 4.74 Å². The summed E-state index contributed by atoms with van der Waals surface area (Å²) in [7, 11) is 3.58. The first-order valence-electron chi connectivity index (χ1n) is 9.58. The Kier molecular flexibility index (Phi) is 8.50. The van der Waals surface area contributed by atoms with E-state index in [1.165, 1.54) is 5.57 Å². The van der Waals surface area contributed by atoms with E-state index in [1.807, 2.05) is 31.3 Å². The van der Waals surface area contributed by atoms with Crippen LogP contribution in [0.3, 0.4) is 0 Å². The zero-order chi connectivity index (χ0) is 20.4. The Morgan fingerprint density at radius 3 is 2.75 bits per heavy atom. The lowest BCUT2D eigenvalue weighted by atomic mass is 9.99. The molecule has 0 bridgehead atoms. The van der Waals surface area contributed by atoms with Gasteiger partial charge in [-0.2, -0.15) is 0 Å². The van der Waals surface area contributed by atoms with Crippen LogP contribution in [0.25, 0.3) is 5.57 Å². The molecule has 1 heterocycles. The fraction of sp³-hybridized carbons (Fsp3) is 0.292. The maximum atomic E-state index is 5.41. The van der Waals surface area contributed by atoms with Gasteiger partial charge in [-0.15, -0.1) is 0 Å². The van der Waals surface area contributed by atoms with Crippen molar-refractivity contribution in [1.29, 1.82) is 0 Å². The van der Waals surface area contributed by atoms with Crippen LogP contribution in [0.1, 0.15) is 31.4 Å². The first-order valence-corrected chi connectivity index (χ1v) is 9.58. The molecule has 2 aromatic rings. The lowest BCUT2D eigenvalue weighted by Crippen LogP contribution is -2.23. The summed E-state index contributed by atoms with van der Waals surface area (Å²) in [5.74, 6) is 1.77. The number of methoxy groups -OCH3 is 1. The van der Waals surface area contributed by atoms with Gasteiger partial charge in [0.05, 0.1) is 7.11 Å². The third kappa shape index (κ3) is 6.10. The fourth-order valence-corrected chi connectivity index (χ4v) is 2.94. The molecule has 4 heteroatoms. The van der Waals surface area contributed by atoms with Crippen LogP contribution in [0.2, 0.25) is 0 Å². The van der Waals surface area contributed by atoms with Crippen molar-refractivity contribution in [1.82, 2.24) is 10.3 Å². The number of ether oxygens (including phenoxy) is 1. The maximum absolute atomic E-state index is 5.41. The van der Waals surface area contributed by atoms with Crippen molar-refractivity contribution >= 4 is 11.4 Å². The molecule has 1 aromatic heterocycles. The zero-order valence-electron chi connectivity index (χ0n) is 17.3. The first kappa shape index (κ1) is 21.5. The summed E-state index contributed by atoms with van der Waals surface area (Å²) in [6.07, 6.45) is 9.05. The van der Waals surface area contributed by atoms with Crippen LogP contribution in [0.4, 0.5) is 5.82 Å². The molecule has 2 N–H and O–H groups in total. The number of hydrogen-bond acceptors (Lipinski definition) is 4. The number of anilines is 1. The van der Waals surface area contributed by atoms with Gasteiger partial charge in [0, 0.05) is 37.0 Å². The number of nitrogens with one attached hydrogen (secondary N) is 2. The van der Waals surface area contributed by atoms with Gasteiger partial charge >= 0.3 is 0 Å². The summed E-state index contributed by atoms with van der Waals surface area (Å²) in [4.78, 5) is 4.36. The number of hydrogen-bond donors (Lipinski definition) is 2. The molecule has 0 saturated heterocycles. The third-order valence-corrected chi connectivity index (χ3v) is 4.62. The quantitative estimate of drug-likeness (QED) is 0.558. The number of pyridine rings is 1. The number of rotatable bonds is 10. The molecule has 148 valence electrons. The highest BCUT2D eigenvalue weighted by atomic mass is 16.5. The SMILES string of the molecule is C=C(CC(/C=C\C(C)NCc1ccccc1OC)=C/C)c1cccnc1NC. The summed E-state index contributed by atoms with van der Waals surface area (Å²) in [6.45, 7) is 9.22. The second-order valence-electron chi connectivity index (χ2n) is 6.63. The van der Waals surface area contributed by atoms with Crippen LogP contribution >= 0.6 is 0 Å². The second kappa shape index (κ2) is 11.1. The normalized spacial score (nSPS) is 12.8. The first-order chi connectivity index (χ1) is 13.6. The van der Waals surface area contributed by atoms with E-state index in [0.717, 1.165) is 41.2 Å². The molecular weight excluding hydrogens is 346 g/mol. The molecule has 0 saturated carbocycles. The molecule has 2 rings (SSSR count). The van der Waals surface area contributed by atoms with Gasteiger partial charge in [-0.25, -0.2) is 4.98 Å². The molecule has 28 heavy (non-hydrogen) atoms. The highest BCUT2D eigenvalue weighted by molar-refractivity contribution is 5.74. The molecule has 1 atom stereocenters. The molecule has 0 amide bonds. The lowest BCUT2D eigenvalue weighted by Gasteiger charge is -2.13. The number of benzene rings is 1. The number of nitrogens with zero attached hydrogens (tertiary/aromatic N) is 1. The average molecular weight is 378 g/mol. The fourth-order valence-electron chi connectivity index (χ4n) is 2.94. The second-order valence-corrected chi connectivity index (χ2v) is 6.63. The molecule has 0 spiro atoms. The van der Waals surface area contributed by atoms with Gasteiger partial charge in [0.25, 0.3) is 0 Å². The minimum absolute atomic E-state index is 0.236. The van der Waals surface area contributed by atoms with Gasteiger partial charge in [0.1, 0.15) is 11.6 Å². The Labute approximate surface area is 169 Å². The zero-order valence-corrected chi connectivity index (χ0v) is 17.3. The van der Waals surface area contributed by atoms with Gasteiger partial charge < -0.3 is 15.4 Å². The van der Waals surface area contributed by atoms with Crippen molar-refractivity contribution in [3.05, 3.63) is 84.1 Å². The Morgan fingerprint density at radius 2 is 2.04 bits per heavy atom. The van der Waals surface area contributed by atoms with Crippen LogP contribution in [0, 0.1) is 0 Å². The summed E-state index contributed by atoms with van der Waals surface area (Å²) in [5.41, 5.74) is 4.48. The van der Waals surface area contributed by atoms with E-state index >= 15 is 0 Å². The monoisotopic (exact) mass is 377 g/mol. The van der Waals surface area contributed by atoms with E-state index in [9.17, 15) is 0 Å². The van der Waals surface area contributed by atoms with Crippen LogP contribution in [-0.4, -0.2) is 25.2 Å². The Morgan fingerprint density at radius 1 is 1.25 bits per heavy atom. The smallest absolute Gasteiger partial charge is 0.133 e. The molecule has 0 aliphatic heterocycles. The molecule has 0 radical (unpaired) electrons. The predicted octanol–water partition coefficient (Wildman–Crippen LogP) is 5.22. The minimum atomic E-state index is 0.236. The molecule has 0 fully saturated rings. The molecule has 1 aromatic carbocycles. The molecule has 1 unspecified atom stereocenters. The molecule has 0 aliphatic rings. The summed E-state index contributed by atoms with van der Waals surface area (Å²) < 4.78 is 5.41. The maximum Gasteiger partial charge on any atom is 0.133 e. The third-order valence-electron chi connectivity index (χ3n) is 4.62. The molecule has 4 nitrogen and oxygen atoms in total. The van der Waals surface area contributed by atoms with Gasteiger partial charge in [0.2, 0.25) is 0 Å². The highest BCUT2D eigenvalue weighted by Gasteiger charge is 2.07. The van der Waals surface area contributed by atoms with Gasteiger partial charge in [-0.05, 0) is 49.6 Å². The number of allylic oxidation sites excluding steroid dienone is 4. The van der Waals surface area contributed by atoms with Crippen LogP contribution < -0.4 is 15.4 Å². The van der Waals surface area contributed by atoms with Crippen LogP contribution in [-0.2, 0) is 6.54 Å². The predicted molar refractivity (Wildman–Crippen MR) is 120 cm³/mol. The Bertz CT molecular complexity index is 839. The van der Waals surface area contributed by atoms with Crippen LogP contribution in [0.15, 0.2) is 73.0 Å². The van der Waals surface area contributed by atoms with E-state index in [4.69, 9.17) is 4.74 Å². The van der Waals surface area contributed by atoms with Crippen molar-refractivity contribution in [2.75, 3.05) is 19.5 Å². The highest BCUT2D eigenvalue weighted by Crippen LogP contribution is 2.26. The minimum Gasteiger partial charge on any atom is -0.496 e. The lowest BCUT2D eigenvalue weighted by molar-refractivity contribution is 0.407. The summed E-state index contributed by atoms with van der Waals surface area (Å²) in [6, 6.07) is 12.3. The van der Waals surface area contributed by atoms with E-state index in [2.05, 4.69) is 66.4 Å². The van der Waals surface area contributed by atoms with Crippen molar-refractivity contribution in [3.8, 4) is 5.75 Å². The van der Waals surface area contributed by atoms with E-state index in [1.54, 1.807) is 13.3 Å². The number of para-hydroxylation sites is 1. The van der Waals surface area contributed by atoms with Gasteiger partial charge in [0.15, 0.2) is 0 Å². The Hall–Kier alpha value is -2.85. The molecular formula is C24H31N3O. The topological polar surface area (TPSA) is 46.2 Å². The van der Waals surface area contributed by atoms with Crippen molar-refractivity contribution in [2.24, 2.45) is 0 Å². The van der Waals surface area contributed by atoms with Gasteiger partial charge in [-0.3, -0.25) is 0 Å². The Balaban J connectivity index is 1.94. The number of aromatic nitrogens is 1. The standard InChI is InChI=1S/C24H31N3O/c1-6-20(16-18(2)22-11-9-15-26-24(22)25-4)14-13-19(3)27-17-21-10-7-8-12-23(21)28-5/h6-15,19,27H,2,16-17H2,1,3-5H3,(H,25,26)/b14-13-,20-6+. The largest absolute Gasteiger partial charge is 0.496 e. The van der Waals surface area contributed by atoms with Crippen molar-refractivity contribution in [3.63, 3.8) is 0 Å². The van der Waals surface area contributed by atoms with E-state index in [0.29, 0.717) is 0 Å². The summed E-state index contributed by atoms with van der Waals surface area (Å²) in [5, 5.41) is 6.65. The van der Waals surface area contributed by atoms with E-state index < -0.39 is 0 Å². The summed E-state index contributed by atoms with van der Waals surface area (Å²) >= 11 is 0. The van der Waals surface area contributed by atoms with Crippen molar-refractivity contribution in [2.45, 2.75) is 32.9 Å².